The molecule has 1 heterocycles. The van der Waals surface area contributed by atoms with Crippen LogP contribution in [0, 0.1) is 0 Å². The van der Waals surface area contributed by atoms with Crippen LogP contribution in [0.4, 0.5) is 5.95 Å². The maximum absolute atomic E-state index is 9.53. The Hall–Kier alpha value is -2.49. The maximum atomic E-state index is 9.53. The summed E-state index contributed by atoms with van der Waals surface area (Å²) >= 11 is 0. The van der Waals surface area contributed by atoms with E-state index in [2.05, 4.69) is 4.98 Å². The third-order valence-corrected chi connectivity index (χ3v) is 2.68. The van der Waals surface area contributed by atoms with Crippen LogP contribution in [0.15, 0.2) is 48.5 Å². The number of aromatic hydroxyl groups is 1. The van der Waals surface area contributed by atoms with E-state index in [4.69, 9.17) is 5.73 Å². The first-order valence-electron chi connectivity index (χ1n) is 5.28. The van der Waals surface area contributed by atoms with Gasteiger partial charge in [0.25, 0.3) is 0 Å². The summed E-state index contributed by atoms with van der Waals surface area (Å²) in [7, 11) is 0. The number of nitrogens with zero attached hydrogens (tertiary/aromatic N) is 2. The number of aromatic nitrogens is 2. The molecule has 84 valence electrons. The second-order valence-electron chi connectivity index (χ2n) is 3.81. The lowest BCUT2D eigenvalue weighted by Gasteiger charge is -2.05. The third-order valence-electron chi connectivity index (χ3n) is 2.68. The number of nitrogens with two attached hydrogens (primary N) is 1. The molecule has 0 aliphatic heterocycles. The Morgan fingerprint density at radius 1 is 1.06 bits per heavy atom. The largest absolute Gasteiger partial charge is 0.508 e. The van der Waals surface area contributed by atoms with Gasteiger partial charge in [0.1, 0.15) is 5.75 Å². The Kier molecular flexibility index (Phi) is 2.01. The van der Waals surface area contributed by atoms with Crippen molar-refractivity contribution in [1.82, 2.24) is 9.55 Å². The quantitative estimate of drug-likeness (QED) is 0.668. The van der Waals surface area contributed by atoms with E-state index in [9.17, 15) is 5.11 Å². The number of fused-ring (bicyclic) bond motifs is 1. The van der Waals surface area contributed by atoms with E-state index >= 15 is 0 Å². The highest BCUT2D eigenvalue weighted by molar-refractivity contribution is 5.82. The third kappa shape index (κ3) is 1.50. The van der Waals surface area contributed by atoms with Crippen LogP contribution in [0.5, 0.6) is 5.75 Å². The van der Waals surface area contributed by atoms with Crippen molar-refractivity contribution >= 4 is 17.0 Å². The lowest BCUT2D eigenvalue weighted by atomic mass is 10.2. The Morgan fingerprint density at radius 2 is 1.82 bits per heavy atom. The number of nitrogen functional groups attached to an aromatic ring is 1. The second kappa shape index (κ2) is 3.52. The molecule has 2 aromatic carbocycles. The molecular formula is C13H11N3O. The molecule has 0 fully saturated rings. The minimum atomic E-state index is 0.203. The van der Waals surface area contributed by atoms with Gasteiger partial charge in [0, 0.05) is 11.8 Å². The molecule has 0 aliphatic carbocycles. The lowest BCUT2D eigenvalue weighted by molar-refractivity contribution is 0.476. The van der Waals surface area contributed by atoms with Gasteiger partial charge in [0.15, 0.2) is 0 Å². The monoisotopic (exact) mass is 225 g/mol. The molecule has 0 saturated carbocycles. The Balaban J connectivity index is 2.35. The van der Waals surface area contributed by atoms with Crippen molar-refractivity contribution < 1.29 is 5.11 Å². The van der Waals surface area contributed by atoms with E-state index in [0.717, 1.165) is 16.7 Å². The number of anilines is 1. The SMILES string of the molecule is Nc1nc2ccc(O)cc2n1-c1ccccc1. The molecule has 3 rings (SSSR count). The van der Waals surface area contributed by atoms with Gasteiger partial charge in [0.2, 0.25) is 5.95 Å². The average Bonchev–Trinajstić information content (AvgIpc) is 2.65. The van der Waals surface area contributed by atoms with E-state index in [0.29, 0.717) is 5.95 Å². The molecule has 4 nitrogen and oxygen atoms in total. The van der Waals surface area contributed by atoms with Gasteiger partial charge in [-0.15, -0.1) is 0 Å². The molecule has 3 N–H and O–H groups in total. The molecule has 0 aliphatic rings. The predicted molar refractivity (Wildman–Crippen MR) is 67.1 cm³/mol. The topological polar surface area (TPSA) is 64.1 Å². The molecule has 0 saturated heterocycles. The molecule has 17 heavy (non-hydrogen) atoms. The van der Waals surface area contributed by atoms with Crippen molar-refractivity contribution in [2.24, 2.45) is 0 Å². The first kappa shape index (κ1) is 9.72. The second-order valence-corrected chi connectivity index (χ2v) is 3.81. The summed E-state index contributed by atoms with van der Waals surface area (Å²) in [5.74, 6) is 0.617. The lowest BCUT2D eigenvalue weighted by Crippen LogP contribution is -1.99. The minimum absolute atomic E-state index is 0.203. The van der Waals surface area contributed by atoms with E-state index < -0.39 is 0 Å². The molecule has 0 unspecified atom stereocenters. The molecule has 0 amide bonds. The van der Waals surface area contributed by atoms with E-state index in [1.807, 2.05) is 34.9 Å². The fourth-order valence-corrected chi connectivity index (χ4v) is 1.93. The Morgan fingerprint density at radius 3 is 2.59 bits per heavy atom. The van der Waals surface area contributed by atoms with Crippen molar-refractivity contribution in [2.75, 3.05) is 5.73 Å². The van der Waals surface area contributed by atoms with Gasteiger partial charge >= 0.3 is 0 Å². The summed E-state index contributed by atoms with van der Waals surface area (Å²) in [6, 6.07) is 14.7. The van der Waals surface area contributed by atoms with Crippen molar-refractivity contribution in [1.29, 1.82) is 0 Å². The van der Waals surface area contributed by atoms with Crippen molar-refractivity contribution in [2.45, 2.75) is 0 Å². The van der Waals surface area contributed by atoms with Crippen LogP contribution < -0.4 is 5.73 Å². The summed E-state index contributed by atoms with van der Waals surface area (Å²) in [5.41, 5.74) is 8.40. The number of imidazole rings is 1. The zero-order valence-corrected chi connectivity index (χ0v) is 9.04. The molecule has 3 aromatic rings. The van der Waals surface area contributed by atoms with Crippen LogP contribution in [-0.4, -0.2) is 14.7 Å². The smallest absolute Gasteiger partial charge is 0.205 e. The number of hydrogen-bond donors (Lipinski definition) is 2. The van der Waals surface area contributed by atoms with Gasteiger partial charge in [0.05, 0.1) is 11.0 Å². The Labute approximate surface area is 97.9 Å². The standard InChI is InChI=1S/C13H11N3O/c14-13-15-11-7-6-10(17)8-12(11)16(13)9-4-2-1-3-5-9/h1-8,17H,(H2,14,15). The number of para-hydroxylation sites is 1. The first-order chi connectivity index (χ1) is 8.25. The maximum Gasteiger partial charge on any atom is 0.205 e. The van der Waals surface area contributed by atoms with Crippen LogP contribution in [0.25, 0.3) is 16.7 Å². The molecule has 1 aromatic heterocycles. The fourth-order valence-electron chi connectivity index (χ4n) is 1.93. The average molecular weight is 225 g/mol. The van der Waals surface area contributed by atoms with Crippen LogP contribution >= 0.6 is 0 Å². The number of hydrogen-bond acceptors (Lipinski definition) is 3. The zero-order chi connectivity index (χ0) is 11.8. The van der Waals surface area contributed by atoms with Gasteiger partial charge in [-0.25, -0.2) is 4.98 Å². The molecule has 4 heteroatoms. The van der Waals surface area contributed by atoms with Gasteiger partial charge in [-0.05, 0) is 24.3 Å². The predicted octanol–water partition coefficient (Wildman–Crippen LogP) is 2.31. The van der Waals surface area contributed by atoms with E-state index in [1.165, 1.54) is 0 Å². The highest BCUT2D eigenvalue weighted by atomic mass is 16.3. The van der Waals surface area contributed by atoms with Crippen LogP contribution in [0.1, 0.15) is 0 Å². The highest BCUT2D eigenvalue weighted by Gasteiger charge is 2.09. The van der Waals surface area contributed by atoms with Crippen LogP contribution in [-0.2, 0) is 0 Å². The fraction of sp³-hybridized carbons (Fsp3) is 0. The number of phenols is 1. The van der Waals surface area contributed by atoms with E-state index in [1.54, 1.807) is 18.2 Å². The normalized spacial score (nSPS) is 10.8. The summed E-state index contributed by atoms with van der Waals surface area (Å²) in [6.07, 6.45) is 0. The molecule has 0 atom stereocenters. The summed E-state index contributed by atoms with van der Waals surface area (Å²) in [6.45, 7) is 0. The number of benzene rings is 2. The van der Waals surface area contributed by atoms with Gasteiger partial charge in [-0.1, -0.05) is 18.2 Å². The van der Waals surface area contributed by atoms with Crippen molar-refractivity contribution in [3.8, 4) is 11.4 Å². The zero-order valence-electron chi connectivity index (χ0n) is 9.04. The van der Waals surface area contributed by atoms with Gasteiger partial charge < -0.3 is 10.8 Å². The van der Waals surface area contributed by atoms with Crippen molar-refractivity contribution in [3.05, 3.63) is 48.5 Å². The van der Waals surface area contributed by atoms with Gasteiger partial charge in [-0.2, -0.15) is 0 Å². The summed E-state index contributed by atoms with van der Waals surface area (Å²) in [4.78, 5) is 4.26. The van der Waals surface area contributed by atoms with Crippen LogP contribution in [0.3, 0.4) is 0 Å². The minimum Gasteiger partial charge on any atom is -0.508 e. The number of rotatable bonds is 1. The van der Waals surface area contributed by atoms with Crippen molar-refractivity contribution in [3.63, 3.8) is 0 Å². The molecular weight excluding hydrogens is 214 g/mol. The number of phenolic OH excluding ortho intramolecular Hbond substituents is 1. The summed E-state index contributed by atoms with van der Waals surface area (Å²) < 4.78 is 1.81. The summed E-state index contributed by atoms with van der Waals surface area (Å²) in [5, 5.41) is 9.53. The molecule has 0 spiro atoms. The highest BCUT2D eigenvalue weighted by Crippen LogP contribution is 2.25. The molecule has 0 bridgehead atoms. The molecule has 0 radical (unpaired) electrons. The first-order valence-corrected chi connectivity index (χ1v) is 5.28. The van der Waals surface area contributed by atoms with Crippen LogP contribution in [0.2, 0.25) is 0 Å². The Bertz CT molecular complexity index is 674. The van der Waals surface area contributed by atoms with Gasteiger partial charge in [-0.3, -0.25) is 4.57 Å². The van der Waals surface area contributed by atoms with E-state index in [-0.39, 0.29) is 5.75 Å².